The Labute approximate surface area is 137 Å². The molecule has 0 spiro atoms. The average molecular weight is 319 g/mol. The highest BCUT2D eigenvalue weighted by molar-refractivity contribution is 5.93. The fraction of sp³-hybridized carbons (Fsp3) is 0.529. The van der Waals surface area contributed by atoms with Crippen LogP contribution >= 0.6 is 0 Å². The van der Waals surface area contributed by atoms with Crippen molar-refractivity contribution in [3.8, 4) is 0 Å². The van der Waals surface area contributed by atoms with Crippen molar-refractivity contribution in [2.75, 3.05) is 44.6 Å². The van der Waals surface area contributed by atoms with Crippen LogP contribution in [0.1, 0.15) is 18.1 Å². The first-order chi connectivity index (χ1) is 11.0. The maximum atomic E-state index is 12.2. The molecule has 1 saturated heterocycles. The minimum atomic E-state index is -0.271. The number of anilines is 1. The Balaban J connectivity index is 1.81. The quantitative estimate of drug-likeness (QED) is 0.922. The Bertz CT molecular complexity index is 566. The first-order valence-corrected chi connectivity index (χ1v) is 8.01. The zero-order chi connectivity index (χ0) is 16.8. The van der Waals surface area contributed by atoms with Gasteiger partial charge in [0.25, 0.3) is 0 Å². The van der Waals surface area contributed by atoms with Crippen molar-refractivity contribution >= 4 is 17.7 Å². The van der Waals surface area contributed by atoms with E-state index in [1.54, 1.807) is 11.8 Å². The lowest BCUT2D eigenvalue weighted by Gasteiger charge is -2.33. The third-order valence-corrected chi connectivity index (χ3v) is 4.14. The molecule has 1 aromatic rings. The summed E-state index contributed by atoms with van der Waals surface area (Å²) in [5.41, 5.74) is 3.11. The van der Waals surface area contributed by atoms with Gasteiger partial charge in [-0.15, -0.1) is 0 Å². The molecule has 1 aliphatic heterocycles. The number of nitrogens with zero attached hydrogens (tertiary/aromatic N) is 2. The third-order valence-electron chi connectivity index (χ3n) is 4.14. The molecule has 0 aliphatic carbocycles. The van der Waals surface area contributed by atoms with Crippen molar-refractivity contribution in [3.63, 3.8) is 0 Å². The molecule has 0 radical (unpaired) electrons. The number of hydrogen-bond donors (Lipinski definition) is 1. The lowest BCUT2D eigenvalue weighted by Crippen LogP contribution is -2.50. The number of ether oxygens (including phenoxy) is 1. The van der Waals surface area contributed by atoms with E-state index in [0.29, 0.717) is 39.3 Å². The molecule has 6 nitrogen and oxygen atoms in total. The maximum Gasteiger partial charge on any atom is 0.409 e. The highest BCUT2D eigenvalue weighted by Crippen LogP contribution is 2.17. The minimum Gasteiger partial charge on any atom is -0.450 e. The predicted octanol–water partition coefficient (Wildman–Crippen LogP) is 2.02. The third kappa shape index (κ3) is 4.69. The lowest BCUT2D eigenvalue weighted by molar-refractivity contribution is -0.117. The molecule has 0 bridgehead atoms. The van der Waals surface area contributed by atoms with Gasteiger partial charge in [-0.1, -0.05) is 12.1 Å². The number of rotatable bonds is 4. The van der Waals surface area contributed by atoms with E-state index in [9.17, 15) is 9.59 Å². The fourth-order valence-electron chi connectivity index (χ4n) is 2.58. The Kier molecular flexibility index (Phi) is 5.98. The zero-order valence-corrected chi connectivity index (χ0v) is 14.1. The highest BCUT2D eigenvalue weighted by Gasteiger charge is 2.23. The standard InChI is InChI=1S/C17H25N3O3/c1-4-23-17(22)20-10-8-19(9-11-20)12-16(21)18-15-7-5-6-13(2)14(15)3/h5-7H,4,8-12H2,1-3H3,(H,18,21). The lowest BCUT2D eigenvalue weighted by atomic mass is 10.1. The van der Waals surface area contributed by atoms with Gasteiger partial charge in [0.2, 0.25) is 5.91 Å². The Morgan fingerprint density at radius 2 is 1.87 bits per heavy atom. The molecule has 1 aromatic carbocycles. The van der Waals surface area contributed by atoms with Gasteiger partial charge in [-0.3, -0.25) is 9.69 Å². The van der Waals surface area contributed by atoms with E-state index in [1.807, 2.05) is 32.0 Å². The fourth-order valence-corrected chi connectivity index (χ4v) is 2.58. The summed E-state index contributed by atoms with van der Waals surface area (Å²) in [7, 11) is 0. The average Bonchev–Trinajstić information content (AvgIpc) is 2.53. The van der Waals surface area contributed by atoms with Crippen LogP contribution in [0, 0.1) is 13.8 Å². The van der Waals surface area contributed by atoms with Crippen molar-refractivity contribution in [1.29, 1.82) is 0 Å². The van der Waals surface area contributed by atoms with Gasteiger partial charge in [0, 0.05) is 31.9 Å². The van der Waals surface area contributed by atoms with Gasteiger partial charge in [0.05, 0.1) is 13.2 Å². The van der Waals surface area contributed by atoms with Crippen LogP contribution in [0.4, 0.5) is 10.5 Å². The molecule has 23 heavy (non-hydrogen) atoms. The second-order valence-corrected chi connectivity index (χ2v) is 5.76. The molecule has 0 saturated carbocycles. The largest absolute Gasteiger partial charge is 0.450 e. The summed E-state index contributed by atoms with van der Waals surface area (Å²) in [6, 6.07) is 5.88. The molecule has 1 aliphatic rings. The van der Waals surface area contributed by atoms with Crippen LogP contribution in [-0.4, -0.2) is 61.1 Å². The summed E-state index contributed by atoms with van der Waals surface area (Å²) in [5.74, 6) is -0.0247. The minimum absolute atomic E-state index is 0.0247. The predicted molar refractivity (Wildman–Crippen MR) is 89.6 cm³/mol. The number of aryl methyl sites for hydroxylation is 1. The molecule has 1 N–H and O–H groups in total. The van der Waals surface area contributed by atoms with Gasteiger partial charge >= 0.3 is 6.09 Å². The number of carbonyl (C=O) groups is 2. The molecule has 0 aromatic heterocycles. The zero-order valence-electron chi connectivity index (χ0n) is 14.1. The van der Waals surface area contributed by atoms with Crippen LogP contribution in [0.3, 0.4) is 0 Å². The van der Waals surface area contributed by atoms with Gasteiger partial charge in [-0.05, 0) is 38.0 Å². The number of piperazine rings is 1. The first-order valence-electron chi connectivity index (χ1n) is 8.01. The number of hydrogen-bond acceptors (Lipinski definition) is 4. The van der Waals surface area contributed by atoms with Gasteiger partial charge in [-0.25, -0.2) is 4.79 Å². The Morgan fingerprint density at radius 3 is 2.52 bits per heavy atom. The number of amides is 2. The molecule has 1 fully saturated rings. The van der Waals surface area contributed by atoms with Crippen LogP contribution in [-0.2, 0) is 9.53 Å². The normalized spacial score (nSPS) is 15.3. The van der Waals surface area contributed by atoms with Gasteiger partial charge in [-0.2, -0.15) is 0 Å². The summed E-state index contributed by atoms with van der Waals surface area (Å²) in [4.78, 5) is 27.6. The van der Waals surface area contributed by atoms with Crippen molar-refractivity contribution in [1.82, 2.24) is 9.80 Å². The molecule has 1 heterocycles. The summed E-state index contributed by atoms with van der Waals surface area (Å²) in [5, 5.41) is 2.97. The molecule has 2 rings (SSSR count). The second kappa shape index (κ2) is 7.97. The van der Waals surface area contributed by atoms with Crippen LogP contribution in [0.15, 0.2) is 18.2 Å². The van der Waals surface area contributed by atoms with E-state index in [0.717, 1.165) is 16.8 Å². The van der Waals surface area contributed by atoms with Crippen LogP contribution in [0.5, 0.6) is 0 Å². The molecule has 6 heteroatoms. The SMILES string of the molecule is CCOC(=O)N1CCN(CC(=O)Nc2cccc(C)c2C)CC1. The van der Waals surface area contributed by atoms with E-state index in [-0.39, 0.29) is 12.0 Å². The van der Waals surface area contributed by atoms with Crippen LogP contribution in [0.25, 0.3) is 0 Å². The molecule has 0 unspecified atom stereocenters. The van der Waals surface area contributed by atoms with E-state index in [1.165, 1.54) is 0 Å². The molecular weight excluding hydrogens is 294 g/mol. The summed E-state index contributed by atoms with van der Waals surface area (Å²) in [6.07, 6.45) is -0.271. The topological polar surface area (TPSA) is 61.9 Å². The summed E-state index contributed by atoms with van der Waals surface area (Å²) < 4.78 is 4.99. The van der Waals surface area contributed by atoms with E-state index >= 15 is 0 Å². The smallest absolute Gasteiger partial charge is 0.409 e. The summed E-state index contributed by atoms with van der Waals surface area (Å²) in [6.45, 7) is 9.10. The first kappa shape index (κ1) is 17.3. The van der Waals surface area contributed by atoms with Gasteiger partial charge in [0.1, 0.15) is 0 Å². The van der Waals surface area contributed by atoms with Crippen molar-refractivity contribution in [2.45, 2.75) is 20.8 Å². The monoisotopic (exact) mass is 319 g/mol. The van der Waals surface area contributed by atoms with Gasteiger partial charge in [0.15, 0.2) is 0 Å². The molecular formula is C17H25N3O3. The van der Waals surface area contributed by atoms with Crippen molar-refractivity contribution < 1.29 is 14.3 Å². The molecule has 126 valence electrons. The van der Waals surface area contributed by atoms with Crippen molar-refractivity contribution in [2.24, 2.45) is 0 Å². The number of nitrogens with one attached hydrogen (secondary N) is 1. The summed E-state index contributed by atoms with van der Waals surface area (Å²) >= 11 is 0. The Morgan fingerprint density at radius 1 is 1.17 bits per heavy atom. The van der Waals surface area contributed by atoms with Crippen LogP contribution < -0.4 is 5.32 Å². The molecule has 0 atom stereocenters. The maximum absolute atomic E-state index is 12.2. The number of benzene rings is 1. The van der Waals surface area contributed by atoms with E-state index < -0.39 is 0 Å². The Hall–Kier alpha value is -2.08. The van der Waals surface area contributed by atoms with E-state index in [2.05, 4.69) is 10.2 Å². The van der Waals surface area contributed by atoms with E-state index in [4.69, 9.17) is 4.74 Å². The number of carbonyl (C=O) groups excluding carboxylic acids is 2. The molecule has 2 amide bonds. The second-order valence-electron chi connectivity index (χ2n) is 5.76. The van der Waals surface area contributed by atoms with Crippen molar-refractivity contribution in [3.05, 3.63) is 29.3 Å². The van der Waals surface area contributed by atoms with Gasteiger partial charge < -0.3 is 15.0 Å². The van der Waals surface area contributed by atoms with Crippen LogP contribution in [0.2, 0.25) is 0 Å². The highest BCUT2D eigenvalue weighted by atomic mass is 16.6.